The summed E-state index contributed by atoms with van der Waals surface area (Å²) < 4.78 is 33.5. The van der Waals surface area contributed by atoms with Crippen molar-refractivity contribution in [2.24, 2.45) is 0 Å². The van der Waals surface area contributed by atoms with Crippen LogP contribution in [0.25, 0.3) is 0 Å². The van der Waals surface area contributed by atoms with Gasteiger partial charge in [-0.25, -0.2) is 13.0 Å². The molecule has 0 atom stereocenters. The van der Waals surface area contributed by atoms with E-state index in [2.05, 4.69) is 55.1 Å². The molecule has 29 heavy (non-hydrogen) atoms. The predicted molar refractivity (Wildman–Crippen MR) is 120 cm³/mol. The lowest BCUT2D eigenvalue weighted by Crippen LogP contribution is -2.09. The van der Waals surface area contributed by atoms with E-state index in [9.17, 15) is 13.0 Å². The van der Waals surface area contributed by atoms with Crippen LogP contribution in [-0.4, -0.2) is 37.4 Å². The first kappa shape index (κ1) is 25.1. The molecular formula is C24H35NO3S. The molecule has 0 spiro atoms. The van der Waals surface area contributed by atoms with Gasteiger partial charge in [-0.3, -0.25) is 0 Å². The molecule has 0 fully saturated rings. The summed E-state index contributed by atoms with van der Waals surface area (Å²) in [5, 5.41) is 0. The topological polar surface area (TPSA) is 60.2 Å². The zero-order valence-corrected chi connectivity index (χ0v) is 18.8. The maximum atomic E-state index is 10.4. The Labute approximate surface area is 177 Å². The fraction of sp³-hybridized carbons (Fsp3) is 0.458. The Kier molecular flexibility index (Phi) is 12.2. The lowest BCUT2D eigenvalue weighted by atomic mass is 10.1. The molecule has 0 aliphatic rings. The van der Waals surface area contributed by atoms with Crippen LogP contribution in [0.3, 0.4) is 0 Å². The van der Waals surface area contributed by atoms with Crippen LogP contribution in [0.15, 0.2) is 59.5 Å². The molecule has 0 heterocycles. The summed E-state index contributed by atoms with van der Waals surface area (Å²) in [6, 6.07) is 16.3. The number of aryl methyl sites for hydroxylation is 1. The molecule has 0 amide bonds. The predicted octanol–water partition coefficient (Wildman–Crippen LogP) is 5.40. The average Bonchev–Trinajstić information content (AvgIpc) is 2.68. The van der Waals surface area contributed by atoms with Gasteiger partial charge >= 0.3 is 0 Å². The highest BCUT2D eigenvalue weighted by Crippen LogP contribution is 2.08. The van der Waals surface area contributed by atoms with Crippen molar-refractivity contribution in [3.63, 3.8) is 0 Å². The molecule has 2 aromatic carbocycles. The Morgan fingerprint density at radius 1 is 0.862 bits per heavy atom. The Bertz CT molecular complexity index is 813. The Balaban J connectivity index is 0.000000326. The van der Waals surface area contributed by atoms with Crippen LogP contribution in [0, 0.1) is 6.92 Å². The maximum absolute atomic E-state index is 10.4. The number of hydrogen-bond acceptors (Lipinski definition) is 3. The molecule has 0 saturated carbocycles. The molecule has 5 heteroatoms. The molecule has 0 aliphatic carbocycles. The molecule has 0 unspecified atom stereocenters. The molecule has 2 aromatic rings. The minimum Gasteiger partial charge on any atom is -0.744 e. The van der Waals surface area contributed by atoms with Gasteiger partial charge in [0, 0.05) is 12.0 Å². The van der Waals surface area contributed by atoms with Crippen molar-refractivity contribution >= 4 is 16.3 Å². The minimum absolute atomic E-state index is 0.178. The Hall–Kier alpha value is -1.98. The summed E-state index contributed by atoms with van der Waals surface area (Å²) in [5.74, 6) is 0. The second-order valence-electron chi connectivity index (χ2n) is 7.41. The van der Waals surface area contributed by atoms with Gasteiger partial charge in [0.1, 0.15) is 23.7 Å². The number of unbranched alkanes of at least 4 members (excludes halogenated alkanes) is 6. The number of rotatable bonds is 10. The highest BCUT2D eigenvalue weighted by molar-refractivity contribution is 7.85. The van der Waals surface area contributed by atoms with Gasteiger partial charge in [0.2, 0.25) is 0 Å². The summed E-state index contributed by atoms with van der Waals surface area (Å²) in [7, 11) is -2.10. The molecular weight excluding hydrogens is 382 g/mol. The van der Waals surface area contributed by atoms with Gasteiger partial charge in [0.25, 0.3) is 0 Å². The molecule has 160 valence electrons. The molecule has 4 nitrogen and oxygen atoms in total. The summed E-state index contributed by atoms with van der Waals surface area (Å²) in [6.07, 6.45) is 11.9. The first-order chi connectivity index (χ1) is 13.8. The van der Waals surface area contributed by atoms with Crippen LogP contribution in [0.4, 0.5) is 0 Å². The normalized spacial score (nSPS) is 11.7. The van der Waals surface area contributed by atoms with Gasteiger partial charge in [-0.1, -0.05) is 74.9 Å². The molecule has 0 aliphatic heterocycles. The molecule has 0 aromatic heterocycles. The fourth-order valence-electron chi connectivity index (χ4n) is 2.88. The zero-order valence-electron chi connectivity index (χ0n) is 18.0. The van der Waals surface area contributed by atoms with Crippen molar-refractivity contribution in [1.29, 1.82) is 0 Å². The van der Waals surface area contributed by atoms with Crippen LogP contribution < -0.4 is 0 Å². The summed E-state index contributed by atoms with van der Waals surface area (Å²) in [5.41, 5.74) is 2.22. The van der Waals surface area contributed by atoms with Crippen LogP contribution in [0.1, 0.15) is 63.0 Å². The molecule has 0 radical (unpaired) electrons. The second-order valence-corrected chi connectivity index (χ2v) is 8.79. The largest absolute Gasteiger partial charge is 0.744 e. The van der Waals surface area contributed by atoms with Crippen molar-refractivity contribution in [3.8, 4) is 0 Å². The third kappa shape index (κ3) is 12.2. The van der Waals surface area contributed by atoms with Crippen LogP contribution >= 0.6 is 0 Å². The van der Waals surface area contributed by atoms with Gasteiger partial charge < -0.3 is 4.55 Å². The Morgan fingerprint density at radius 3 is 1.97 bits per heavy atom. The standard InChI is InChI=1S/C17H28N.C7H8O3S/c1-3-4-5-6-7-8-12-15-18(2)16-17-13-10-9-11-14-17;1-6-2-4-7(5-3-6)11(8,9)10/h9-11,13-14,16H,3-8,12,15H2,1-2H3;2-5H,1H3,(H,8,9,10)/q+1;/p-1. The van der Waals surface area contributed by atoms with Gasteiger partial charge in [-0.2, -0.15) is 0 Å². The van der Waals surface area contributed by atoms with E-state index in [1.165, 1.54) is 69.2 Å². The fourth-order valence-corrected chi connectivity index (χ4v) is 3.35. The highest BCUT2D eigenvalue weighted by atomic mass is 32.2. The first-order valence-electron chi connectivity index (χ1n) is 10.5. The summed E-state index contributed by atoms with van der Waals surface area (Å²) in [6.45, 7) is 5.26. The van der Waals surface area contributed by atoms with Gasteiger partial charge in [-0.15, -0.1) is 0 Å². The van der Waals surface area contributed by atoms with Crippen molar-refractivity contribution in [3.05, 3.63) is 65.7 Å². The summed E-state index contributed by atoms with van der Waals surface area (Å²) in [4.78, 5) is -0.178. The van der Waals surface area contributed by atoms with Crippen molar-refractivity contribution in [2.75, 3.05) is 13.6 Å². The van der Waals surface area contributed by atoms with Crippen LogP contribution in [-0.2, 0) is 10.1 Å². The van der Waals surface area contributed by atoms with E-state index in [1.54, 1.807) is 12.1 Å². The molecule has 0 bridgehead atoms. The van der Waals surface area contributed by atoms with E-state index in [1.807, 2.05) is 6.92 Å². The van der Waals surface area contributed by atoms with Crippen LogP contribution in [0.2, 0.25) is 0 Å². The average molecular weight is 418 g/mol. The lowest BCUT2D eigenvalue weighted by molar-refractivity contribution is -0.492. The maximum Gasteiger partial charge on any atom is 0.170 e. The van der Waals surface area contributed by atoms with Crippen LogP contribution in [0.5, 0.6) is 0 Å². The van der Waals surface area contributed by atoms with E-state index in [4.69, 9.17) is 0 Å². The second kappa shape index (κ2) is 14.1. The van der Waals surface area contributed by atoms with Crippen molar-refractivity contribution in [1.82, 2.24) is 0 Å². The van der Waals surface area contributed by atoms with Gasteiger partial charge in [-0.05, 0) is 37.6 Å². The van der Waals surface area contributed by atoms with E-state index >= 15 is 0 Å². The number of benzene rings is 2. The van der Waals surface area contributed by atoms with Crippen molar-refractivity contribution in [2.45, 2.75) is 63.7 Å². The summed E-state index contributed by atoms with van der Waals surface area (Å²) >= 11 is 0. The third-order valence-corrected chi connectivity index (χ3v) is 5.44. The van der Waals surface area contributed by atoms with E-state index < -0.39 is 10.1 Å². The monoisotopic (exact) mass is 417 g/mol. The zero-order chi connectivity index (χ0) is 21.5. The Morgan fingerprint density at radius 2 is 1.41 bits per heavy atom. The van der Waals surface area contributed by atoms with E-state index in [-0.39, 0.29) is 4.90 Å². The van der Waals surface area contributed by atoms with Crippen molar-refractivity contribution < 1.29 is 17.5 Å². The van der Waals surface area contributed by atoms with E-state index in [0.29, 0.717) is 0 Å². The molecule has 0 N–H and O–H groups in total. The number of hydrogen-bond donors (Lipinski definition) is 0. The van der Waals surface area contributed by atoms with Gasteiger partial charge in [0.15, 0.2) is 6.21 Å². The highest BCUT2D eigenvalue weighted by Gasteiger charge is 1.99. The minimum atomic E-state index is -4.27. The first-order valence-corrected chi connectivity index (χ1v) is 11.9. The molecule has 0 saturated heterocycles. The lowest BCUT2D eigenvalue weighted by Gasteiger charge is -2.05. The molecule has 2 rings (SSSR count). The third-order valence-electron chi connectivity index (χ3n) is 4.59. The quantitative estimate of drug-likeness (QED) is 0.225. The van der Waals surface area contributed by atoms with Gasteiger partial charge in [0.05, 0.1) is 4.90 Å². The van der Waals surface area contributed by atoms with E-state index in [0.717, 1.165) is 5.56 Å². The smallest absolute Gasteiger partial charge is 0.170 e. The SMILES string of the molecule is CCCCCCCCC[N+](C)=Cc1ccccc1.Cc1ccc(S(=O)(=O)[O-])cc1. The number of nitrogens with zero attached hydrogens (tertiary/aromatic N) is 1.